The number of amides is 1. The van der Waals surface area contributed by atoms with Crippen LogP contribution in [-0.2, 0) is 9.53 Å². The Kier molecular flexibility index (Phi) is 5.32. The number of aliphatic hydroxyl groups is 1. The molecule has 0 aromatic heterocycles. The van der Waals surface area contributed by atoms with E-state index in [4.69, 9.17) is 4.74 Å². The first kappa shape index (κ1) is 18.0. The summed E-state index contributed by atoms with van der Waals surface area (Å²) < 4.78 is 6.53. The normalized spacial score (nSPS) is 29.2. The Morgan fingerprint density at radius 1 is 1.15 bits per heavy atom. The van der Waals surface area contributed by atoms with Gasteiger partial charge < -0.3 is 14.7 Å². The van der Waals surface area contributed by atoms with Crippen LogP contribution < -0.4 is 0 Å². The molecule has 3 fully saturated rings. The van der Waals surface area contributed by atoms with Gasteiger partial charge in [0, 0.05) is 32.4 Å². The number of benzene rings is 1. The van der Waals surface area contributed by atoms with Crippen molar-refractivity contribution in [2.24, 2.45) is 5.92 Å². The molecule has 4 heteroatoms. The molecule has 26 heavy (non-hydrogen) atoms. The first-order chi connectivity index (χ1) is 12.6. The van der Waals surface area contributed by atoms with E-state index in [9.17, 15) is 9.90 Å². The topological polar surface area (TPSA) is 49.8 Å². The lowest BCUT2D eigenvalue weighted by molar-refractivity contribution is -0.186. The van der Waals surface area contributed by atoms with Gasteiger partial charge in [-0.15, -0.1) is 0 Å². The minimum Gasteiger partial charge on any atom is -0.393 e. The maximum absolute atomic E-state index is 12.6. The average Bonchev–Trinajstić information content (AvgIpc) is 3.15. The Hall–Kier alpha value is -1.39. The Bertz CT molecular complexity index is 603. The van der Waals surface area contributed by atoms with Crippen LogP contribution in [0.4, 0.5) is 0 Å². The third kappa shape index (κ3) is 3.96. The molecule has 1 aromatic rings. The van der Waals surface area contributed by atoms with E-state index < -0.39 is 0 Å². The van der Waals surface area contributed by atoms with Gasteiger partial charge in [-0.25, -0.2) is 0 Å². The fourth-order valence-electron chi connectivity index (χ4n) is 5.11. The molecule has 0 unspecified atom stereocenters. The molecule has 1 spiro atoms. The second-order valence-electron chi connectivity index (χ2n) is 8.53. The van der Waals surface area contributed by atoms with Crippen molar-refractivity contribution in [2.75, 3.05) is 13.1 Å². The van der Waals surface area contributed by atoms with Gasteiger partial charge in [-0.2, -0.15) is 0 Å². The molecule has 0 radical (unpaired) electrons. The molecule has 2 saturated heterocycles. The standard InChI is InChI=1S/C22H31NO3/c24-19-15-20(18-8-2-1-3-9-18)26-22(16-19)10-12-23(13-11-22)21(25)14-17-6-4-5-7-17/h1-3,8-9,17,19-20,24H,4-7,10-16H2/t19-,20+/m0/s1. The van der Waals surface area contributed by atoms with Gasteiger partial charge in [0.15, 0.2) is 0 Å². The Morgan fingerprint density at radius 2 is 1.85 bits per heavy atom. The smallest absolute Gasteiger partial charge is 0.222 e. The largest absolute Gasteiger partial charge is 0.393 e. The summed E-state index contributed by atoms with van der Waals surface area (Å²) in [5.74, 6) is 0.927. The number of hydrogen-bond donors (Lipinski definition) is 1. The molecule has 2 heterocycles. The molecule has 1 aliphatic carbocycles. The summed E-state index contributed by atoms with van der Waals surface area (Å²) in [6.07, 6.45) is 8.40. The first-order valence-electron chi connectivity index (χ1n) is 10.3. The Labute approximate surface area is 156 Å². The maximum atomic E-state index is 12.6. The van der Waals surface area contributed by atoms with Crippen molar-refractivity contribution in [3.63, 3.8) is 0 Å². The molecule has 1 amide bonds. The first-order valence-corrected chi connectivity index (χ1v) is 10.3. The molecule has 142 valence electrons. The minimum atomic E-state index is -0.324. The van der Waals surface area contributed by atoms with E-state index in [2.05, 4.69) is 12.1 Å². The summed E-state index contributed by atoms with van der Waals surface area (Å²) in [7, 11) is 0. The molecule has 3 aliphatic rings. The van der Waals surface area contributed by atoms with Gasteiger partial charge in [0.25, 0.3) is 0 Å². The predicted molar refractivity (Wildman–Crippen MR) is 101 cm³/mol. The molecule has 1 aromatic carbocycles. The van der Waals surface area contributed by atoms with Crippen LogP contribution in [0.25, 0.3) is 0 Å². The Morgan fingerprint density at radius 3 is 2.54 bits per heavy atom. The van der Waals surface area contributed by atoms with E-state index in [1.165, 1.54) is 25.7 Å². The van der Waals surface area contributed by atoms with Gasteiger partial charge in [0.2, 0.25) is 5.91 Å². The summed E-state index contributed by atoms with van der Waals surface area (Å²) in [5.41, 5.74) is 0.868. The van der Waals surface area contributed by atoms with Gasteiger partial charge in [0.05, 0.1) is 17.8 Å². The molecule has 4 nitrogen and oxygen atoms in total. The highest BCUT2D eigenvalue weighted by Crippen LogP contribution is 2.43. The van der Waals surface area contributed by atoms with Crippen LogP contribution in [0, 0.1) is 5.92 Å². The number of carbonyl (C=O) groups is 1. The van der Waals surface area contributed by atoms with Crippen molar-refractivity contribution >= 4 is 5.91 Å². The number of likely N-dealkylation sites (tertiary alicyclic amines) is 1. The van der Waals surface area contributed by atoms with Gasteiger partial charge in [-0.3, -0.25) is 4.79 Å². The van der Waals surface area contributed by atoms with Crippen molar-refractivity contribution < 1.29 is 14.6 Å². The molecular weight excluding hydrogens is 326 g/mol. The fraction of sp³-hybridized carbons (Fsp3) is 0.682. The lowest BCUT2D eigenvalue weighted by atomic mass is 9.80. The van der Waals surface area contributed by atoms with Crippen LogP contribution >= 0.6 is 0 Å². The summed E-state index contributed by atoms with van der Waals surface area (Å²) in [6.45, 7) is 1.53. The van der Waals surface area contributed by atoms with Gasteiger partial charge >= 0.3 is 0 Å². The van der Waals surface area contributed by atoms with E-state index >= 15 is 0 Å². The van der Waals surface area contributed by atoms with Crippen LogP contribution in [0.2, 0.25) is 0 Å². The monoisotopic (exact) mass is 357 g/mol. The molecular formula is C22H31NO3. The summed E-state index contributed by atoms with van der Waals surface area (Å²) >= 11 is 0. The SMILES string of the molecule is O=C(CC1CCCC1)N1CCC2(CC1)C[C@@H](O)C[C@H](c1ccccc1)O2. The van der Waals surface area contributed by atoms with Crippen molar-refractivity contribution in [3.8, 4) is 0 Å². The quantitative estimate of drug-likeness (QED) is 0.894. The second kappa shape index (κ2) is 7.69. The maximum Gasteiger partial charge on any atom is 0.222 e. The zero-order chi connectivity index (χ0) is 18.0. The fourth-order valence-corrected chi connectivity index (χ4v) is 5.11. The highest BCUT2D eigenvalue weighted by Gasteiger charge is 2.44. The van der Waals surface area contributed by atoms with Crippen LogP contribution in [-0.4, -0.2) is 40.7 Å². The third-order valence-electron chi connectivity index (χ3n) is 6.62. The molecule has 2 atom stereocenters. The zero-order valence-electron chi connectivity index (χ0n) is 15.6. The second-order valence-corrected chi connectivity index (χ2v) is 8.53. The highest BCUT2D eigenvalue weighted by molar-refractivity contribution is 5.76. The number of hydrogen-bond acceptors (Lipinski definition) is 3. The average molecular weight is 357 g/mol. The summed E-state index contributed by atoms with van der Waals surface area (Å²) in [6, 6.07) is 10.2. The van der Waals surface area contributed by atoms with Crippen molar-refractivity contribution in [3.05, 3.63) is 35.9 Å². The van der Waals surface area contributed by atoms with Crippen molar-refractivity contribution in [1.82, 2.24) is 4.90 Å². The number of carbonyl (C=O) groups excluding carboxylic acids is 1. The number of ether oxygens (including phenoxy) is 1. The number of rotatable bonds is 3. The van der Waals surface area contributed by atoms with Crippen LogP contribution in [0.5, 0.6) is 0 Å². The van der Waals surface area contributed by atoms with Gasteiger partial charge in [-0.05, 0) is 37.2 Å². The van der Waals surface area contributed by atoms with E-state index in [1.807, 2.05) is 23.1 Å². The minimum absolute atomic E-state index is 0.0410. The van der Waals surface area contributed by atoms with Gasteiger partial charge in [0.1, 0.15) is 0 Å². The van der Waals surface area contributed by atoms with E-state index in [0.29, 0.717) is 24.7 Å². The lowest BCUT2D eigenvalue weighted by Gasteiger charge is -2.48. The van der Waals surface area contributed by atoms with Crippen LogP contribution in [0.15, 0.2) is 30.3 Å². The van der Waals surface area contributed by atoms with E-state index in [0.717, 1.165) is 37.9 Å². The van der Waals surface area contributed by atoms with E-state index in [-0.39, 0.29) is 17.8 Å². The van der Waals surface area contributed by atoms with Crippen molar-refractivity contribution in [1.29, 1.82) is 0 Å². The molecule has 1 saturated carbocycles. The predicted octanol–water partition coefficient (Wildman–Crippen LogP) is 3.84. The number of aliphatic hydroxyl groups excluding tert-OH is 1. The van der Waals surface area contributed by atoms with E-state index in [1.54, 1.807) is 0 Å². The number of nitrogens with zero attached hydrogens (tertiary/aromatic N) is 1. The molecule has 0 bridgehead atoms. The summed E-state index contributed by atoms with van der Waals surface area (Å²) in [4.78, 5) is 14.6. The lowest BCUT2D eigenvalue weighted by Crippen LogP contribution is -2.52. The molecule has 4 rings (SSSR count). The van der Waals surface area contributed by atoms with Crippen LogP contribution in [0.1, 0.15) is 69.5 Å². The highest BCUT2D eigenvalue weighted by atomic mass is 16.5. The summed E-state index contributed by atoms with van der Waals surface area (Å²) in [5, 5.41) is 10.5. The van der Waals surface area contributed by atoms with Crippen molar-refractivity contribution in [2.45, 2.75) is 75.6 Å². The third-order valence-corrected chi connectivity index (χ3v) is 6.62. The molecule has 2 aliphatic heterocycles. The van der Waals surface area contributed by atoms with Gasteiger partial charge in [-0.1, -0.05) is 43.2 Å². The number of piperidine rings is 1. The zero-order valence-corrected chi connectivity index (χ0v) is 15.6. The Balaban J connectivity index is 1.36. The molecule has 1 N–H and O–H groups in total. The van der Waals surface area contributed by atoms with Crippen LogP contribution in [0.3, 0.4) is 0 Å².